The Morgan fingerprint density at radius 2 is 1.82 bits per heavy atom. The lowest BCUT2D eigenvalue weighted by molar-refractivity contribution is 0.345. The van der Waals surface area contributed by atoms with E-state index in [4.69, 9.17) is 6.42 Å². The molecule has 0 spiro atoms. The van der Waals surface area contributed by atoms with Gasteiger partial charge in [-0.25, -0.2) is 0 Å². The van der Waals surface area contributed by atoms with E-state index in [1.165, 1.54) is 31.2 Å². The van der Waals surface area contributed by atoms with Gasteiger partial charge in [-0.15, -0.1) is 12.3 Å². The van der Waals surface area contributed by atoms with Gasteiger partial charge in [0.1, 0.15) is 0 Å². The fourth-order valence-corrected chi connectivity index (χ4v) is 2.70. The summed E-state index contributed by atoms with van der Waals surface area (Å²) in [7, 11) is 0. The number of hydrogen-bond donors (Lipinski definition) is 1. The molecule has 0 atom stereocenters. The van der Waals surface area contributed by atoms with Gasteiger partial charge in [-0.2, -0.15) is 0 Å². The lowest BCUT2D eigenvalue weighted by Gasteiger charge is -2.29. The van der Waals surface area contributed by atoms with Gasteiger partial charge in [0.2, 0.25) is 0 Å². The summed E-state index contributed by atoms with van der Waals surface area (Å²) in [5, 5.41) is 3.55. The summed E-state index contributed by atoms with van der Waals surface area (Å²) >= 11 is 0. The van der Waals surface area contributed by atoms with Crippen molar-refractivity contribution in [2.75, 3.05) is 6.54 Å². The average molecular weight is 227 g/mol. The van der Waals surface area contributed by atoms with Crippen LogP contribution in [0.15, 0.2) is 30.3 Å². The lowest BCUT2D eigenvalue weighted by atomic mass is 9.82. The van der Waals surface area contributed by atoms with E-state index < -0.39 is 0 Å². The molecule has 0 bridgehead atoms. The summed E-state index contributed by atoms with van der Waals surface area (Å²) in [5.74, 6) is 3.45. The van der Waals surface area contributed by atoms with Crippen LogP contribution in [0.4, 0.5) is 0 Å². The second kappa shape index (κ2) is 6.47. The molecule has 1 aliphatic rings. The molecule has 1 aromatic rings. The second-order valence-corrected chi connectivity index (χ2v) is 4.87. The van der Waals surface area contributed by atoms with Crippen molar-refractivity contribution in [3.8, 4) is 12.3 Å². The molecule has 90 valence electrons. The molecular weight excluding hydrogens is 206 g/mol. The van der Waals surface area contributed by atoms with E-state index in [-0.39, 0.29) is 0 Å². The Hall–Kier alpha value is -1.26. The summed E-state index contributed by atoms with van der Waals surface area (Å²) in [4.78, 5) is 0. The smallest absolute Gasteiger partial charge is 0.0211 e. The monoisotopic (exact) mass is 227 g/mol. The van der Waals surface area contributed by atoms with Crippen molar-refractivity contribution in [2.24, 2.45) is 0 Å². The van der Waals surface area contributed by atoms with Crippen LogP contribution in [0.2, 0.25) is 0 Å². The molecule has 0 aromatic heterocycles. The van der Waals surface area contributed by atoms with Gasteiger partial charge in [0.25, 0.3) is 0 Å². The standard InChI is InChI=1S/C16H21N/c1-2-3-13-17-16-11-9-15(10-12-16)14-7-5-4-6-8-14/h1,4-8,15-17H,3,9-13H2. The third-order valence-electron chi connectivity index (χ3n) is 3.70. The molecule has 1 nitrogen and oxygen atoms in total. The first kappa shape index (κ1) is 12.2. The minimum absolute atomic E-state index is 0.684. The molecule has 0 radical (unpaired) electrons. The maximum atomic E-state index is 5.25. The van der Waals surface area contributed by atoms with Gasteiger partial charge in [0.15, 0.2) is 0 Å². The third kappa shape index (κ3) is 3.61. The molecule has 1 N–H and O–H groups in total. The molecule has 0 saturated heterocycles. The van der Waals surface area contributed by atoms with E-state index in [1.807, 2.05) is 0 Å². The molecule has 17 heavy (non-hydrogen) atoms. The van der Waals surface area contributed by atoms with Crippen molar-refractivity contribution in [1.82, 2.24) is 5.32 Å². The Bertz CT molecular complexity index is 355. The van der Waals surface area contributed by atoms with Gasteiger partial charge >= 0.3 is 0 Å². The van der Waals surface area contributed by atoms with Crippen molar-refractivity contribution in [3.05, 3.63) is 35.9 Å². The largest absolute Gasteiger partial charge is 0.313 e. The molecular formula is C16H21N. The number of nitrogens with one attached hydrogen (secondary N) is 1. The first-order chi connectivity index (χ1) is 8.40. The van der Waals surface area contributed by atoms with Gasteiger partial charge in [-0.3, -0.25) is 0 Å². The van der Waals surface area contributed by atoms with Crippen LogP contribution in [0.25, 0.3) is 0 Å². The molecule has 0 heterocycles. The Morgan fingerprint density at radius 1 is 1.12 bits per heavy atom. The van der Waals surface area contributed by atoms with Crippen molar-refractivity contribution >= 4 is 0 Å². The molecule has 0 unspecified atom stereocenters. The first-order valence-electron chi connectivity index (χ1n) is 6.62. The highest BCUT2D eigenvalue weighted by Crippen LogP contribution is 2.32. The van der Waals surface area contributed by atoms with E-state index >= 15 is 0 Å². The average Bonchev–Trinajstić information content (AvgIpc) is 2.41. The Labute approximate surface area is 105 Å². The van der Waals surface area contributed by atoms with E-state index in [9.17, 15) is 0 Å². The number of hydrogen-bond acceptors (Lipinski definition) is 1. The molecule has 1 aliphatic carbocycles. The maximum absolute atomic E-state index is 5.25. The summed E-state index contributed by atoms with van der Waals surface area (Å²) in [6.45, 7) is 0.969. The zero-order valence-electron chi connectivity index (χ0n) is 10.4. The van der Waals surface area contributed by atoms with Crippen LogP contribution in [-0.4, -0.2) is 12.6 Å². The van der Waals surface area contributed by atoms with E-state index in [1.54, 1.807) is 0 Å². The minimum atomic E-state index is 0.684. The number of terminal acetylenes is 1. The van der Waals surface area contributed by atoms with Crippen LogP contribution in [-0.2, 0) is 0 Å². The van der Waals surface area contributed by atoms with Crippen LogP contribution in [0.3, 0.4) is 0 Å². The van der Waals surface area contributed by atoms with Crippen LogP contribution in [0.1, 0.15) is 43.6 Å². The summed E-state index contributed by atoms with van der Waals surface area (Å²) in [6, 6.07) is 11.6. The summed E-state index contributed by atoms with van der Waals surface area (Å²) < 4.78 is 0. The quantitative estimate of drug-likeness (QED) is 0.614. The SMILES string of the molecule is C#CCCNC1CCC(c2ccccc2)CC1. The predicted octanol–water partition coefficient (Wildman–Crippen LogP) is 3.33. The van der Waals surface area contributed by atoms with Crippen molar-refractivity contribution in [3.63, 3.8) is 0 Å². The van der Waals surface area contributed by atoms with Gasteiger partial charge in [-0.1, -0.05) is 30.3 Å². The lowest BCUT2D eigenvalue weighted by Crippen LogP contribution is -2.33. The van der Waals surface area contributed by atoms with Crippen molar-refractivity contribution in [2.45, 2.75) is 44.1 Å². The van der Waals surface area contributed by atoms with E-state index in [2.05, 4.69) is 41.6 Å². The van der Waals surface area contributed by atoms with Gasteiger partial charge < -0.3 is 5.32 Å². The summed E-state index contributed by atoms with van der Waals surface area (Å²) in [5.41, 5.74) is 1.51. The highest BCUT2D eigenvalue weighted by molar-refractivity contribution is 5.20. The van der Waals surface area contributed by atoms with Crippen LogP contribution in [0, 0.1) is 12.3 Å². The molecule has 1 saturated carbocycles. The Balaban J connectivity index is 1.77. The maximum Gasteiger partial charge on any atom is 0.0211 e. The van der Waals surface area contributed by atoms with Crippen molar-refractivity contribution < 1.29 is 0 Å². The van der Waals surface area contributed by atoms with Gasteiger partial charge in [0, 0.05) is 19.0 Å². The first-order valence-corrected chi connectivity index (χ1v) is 6.62. The van der Waals surface area contributed by atoms with Crippen LogP contribution in [0.5, 0.6) is 0 Å². The van der Waals surface area contributed by atoms with Gasteiger partial charge in [0.05, 0.1) is 0 Å². The zero-order valence-corrected chi connectivity index (χ0v) is 10.4. The molecule has 1 fully saturated rings. The third-order valence-corrected chi connectivity index (χ3v) is 3.70. The molecule has 1 heteroatoms. The van der Waals surface area contributed by atoms with Gasteiger partial charge in [-0.05, 0) is 37.2 Å². The minimum Gasteiger partial charge on any atom is -0.313 e. The number of rotatable bonds is 4. The topological polar surface area (TPSA) is 12.0 Å². The predicted molar refractivity (Wildman–Crippen MR) is 72.9 cm³/mol. The second-order valence-electron chi connectivity index (χ2n) is 4.87. The zero-order chi connectivity index (χ0) is 11.9. The van der Waals surface area contributed by atoms with Crippen LogP contribution < -0.4 is 5.32 Å². The molecule has 2 rings (SSSR count). The van der Waals surface area contributed by atoms with Crippen molar-refractivity contribution in [1.29, 1.82) is 0 Å². The fourth-order valence-electron chi connectivity index (χ4n) is 2.70. The van der Waals surface area contributed by atoms with E-state index in [0.29, 0.717) is 6.04 Å². The summed E-state index contributed by atoms with van der Waals surface area (Å²) in [6.07, 6.45) is 11.3. The molecule has 0 amide bonds. The highest BCUT2D eigenvalue weighted by atomic mass is 14.9. The Morgan fingerprint density at radius 3 is 2.47 bits per heavy atom. The normalized spacial score (nSPS) is 24.2. The fraction of sp³-hybridized carbons (Fsp3) is 0.500. The van der Waals surface area contributed by atoms with E-state index in [0.717, 1.165) is 18.9 Å². The van der Waals surface area contributed by atoms with Crippen LogP contribution >= 0.6 is 0 Å². The Kier molecular flexibility index (Phi) is 4.64. The number of benzene rings is 1. The molecule has 1 aromatic carbocycles. The molecule has 0 aliphatic heterocycles. The highest BCUT2D eigenvalue weighted by Gasteiger charge is 2.21.